The number of nitrogens with one attached hydrogen (secondary N) is 1. The highest BCUT2D eigenvalue weighted by molar-refractivity contribution is 6.05. The highest BCUT2D eigenvalue weighted by Gasteiger charge is 2.25. The lowest BCUT2D eigenvalue weighted by Gasteiger charge is -2.35. The SMILES string of the molecule is Cc1[nH]c2ccc(OCCN3CCN(C(=O)OC(C)(C)C)CC3)cc2c1C(=O)OCc1ccccc1. The molecule has 3 aromatic rings. The van der Waals surface area contributed by atoms with E-state index < -0.39 is 5.60 Å². The number of fused-ring (bicyclic) bond motifs is 1. The van der Waals surface area contributed by atoms with Gasteiger partial charge in [0.2, 0.25) is 0 Å². The van der Waals surface area contributed by atoms with Crippen LogP contribution in [0.25, 0.3) is 10.9 Å². The zero-order valence-corrected chi connectivity index (χ0v) is 21.5. The lowest BCUT2D eigenvalue weighted by molar-refractivity contribution is 0.0136. The molecule has 36 heavy (non-hydrogen) atoms. The minimum atomic E-state index is -0.486. The number of aromatic amines is 1. The molecular weight excluding hydrogens is 458 g/mol. The molecule has 1 N–H and O–H groups in total. The van der Waals surface area contributed by atoms with Gasteiger partial charge in [0.1, 0.15) is 24.6 Å². The molecule has 0 spiro atoms. The molecule has 8 heteroatoms. The van der Waals surface area contributed by atoms with Crippen molar-refractivity contribution in [1.29, 1.82) is 0 Å². The second-order valence-electron chi connectivity index (χ2n) is 10.1. The summed E-state index contributed by atoms with van der Waals surface area (Å²) in [5.74, 6) is 0.341. The van der Waals surface area contributed by atoms with Crippen LogP contribution in [0.1, 0.15) is 42.4 Å². The standard InChI is InChI=1S/C28H35N3O5/c1-20-25(26(32)35-19-21-8-6-5-7-9-21)23-18-22(10-11-24(23)29-20)34-17-16-30-12-14-31(15-13-30)27(33)36-28(2,3)4/h5-11,18,29H,12-17,19H2,1-4H3. The van der Waals surface area contributed by atoms with E-state index in [0.29, 0.717) is 31.0 Å². The first kappa shape index (κ1) is 25.6. The Labute approximate surface area is 212 Å². The fourth-order valence-electron chi connectivity index (χ4n) is 4.23. The number of aromatic nitrogens is 1. The van der Waals surface area contributed by atoms with Gasteiger partial charge in [0, 0.05) is 49.3 Å². The number of carbonyl (C=O) groups excluding carboxylic acids is 2. The lowest BCUT2D eigenvalue weighted by atomic mass is 10.1. The highest BCUT2D eigenvalue weighted by Crippen LogP contribution is 2.27. The van der Waals surface area contributed by atoms with Crippen molar-refractivity contribution < 1.29 is 23.8 Å². The molecule has 0 radical (unpaired) electrons. The number of ether oxygens (including phenoxy) is 3. The minimum absolute atomic E-state index is 0.225. The Balaban J connectivity index is 1.30. The molecular formula is C28H35N3O5. The number of rotatable bonds is 7. The van der Waals surface area contributed by atoms with Gasteiger partial charge in [-0.15, -0.1) is 0 Å². The molecule has 0 bridgehead atoms. The molecule has 0 atom stereocenters. The van der Waals surface area contributed by atoms with E-state index in [-0.39, 0.29) is 18.7 Å². The smallest absolute Gasteiger partial charge is 0.410 e. The molecule has 4 rings (SSSR count). The summed E-state index contributed by atoms with van der Waals surface area (Å²) in [4.78, 5) is 32.4. The Morgan fingerprint density at radius 3 is 2.42 bits per heavy atom. The number of benzene rings is 2. The van der Waals surface area contributed by atoms with Crippen LogP contribution < -0.4 is 4.74 Å². The summed E-state index contributed by atoms with van der Waals surface area (Å²) in [6.45, 7) is 11.8. The molecule has 2 heterocycles. The number of esters is 1. The van der Waals surface area contributed by atoms with Crippen molar-refractivity contribution in [2.45, 2.75) is 39.9 Å². The topological polar surface area (TPSA) is 84.1 Å². The van der Waals surface area contributed by atoms with Crippen molar-refractivity contribution in [2.75, 3.05) is 39.3 Å². The summed E-state index contributed by atoms with van der Waals surface area (Å²) in [5, 5.41) is 0.786. The van der Waals surface area contributed by atoms with Gasteiger partial charge in [-0.3, -0.25) is 4.90 Å². The molecule has 0 saturated carbocycles. The summed E-state index contributed by atoms with van der Waals surface area (Å²) in [6.07, 6.45) is -0.258. The van der Waals surface area contributed by atoms with E-state index in [9.17, 15) is 9.59 Å². The molecule has 0 aliphatic carbocycles. The number of piperazine rings is 1. The third kappa shape index (κ3) is 6.57. The van der Waals surface area contributed by atoms with Crippen molar-refractivity contribution >= 4 is 23.0 Å². The maximum absolute atomic E-state index is 12.9. The van der Waals surface area contributed by atoms with Gasteiger partial charge in [0.25, 0.3) is 0 Å². The average Bonchev–Trinajstić information content (AvgIpc) is 3.17. The highest BCUT2D eigenvalue weighted by atomic mass is 16.6. The second-order valence-corrected chi connectivity index (χ2v) is 10.1. The number of amides is 1. The summed E-state index contributed by atoms with van der Waals surface area (Å²) in [6, 6.07) is 15.3. The van der Waals surface area contributed by atoms with E-state index in [1.54, 1.807) is 4.90 Å². The third-order valence-corrected chi connectivity index (χ3v) is 6.07. The van der Waals surface area contributed by atoms with Crippen LogP contribution in [-0.2, 0) is 16.1 Å². The number of nitrogens with zero attached hydrogens (tertiary/aromatic N) is 2. The molecule has 192 valence electrons. The quantitative estimate of drug-likeness (QED) is 0.478. The van der Waals surface area contributed by atoms with Gasteiger partial charge in [-0.25, -0.2) is 9.59 Å². The third-order valence-electron chi connectivity index (χ3n) is 6.07. The average molecular weight is 494 g/mol. The van der Waals surface area contributed by atoms with Crippen molar-refractivity contribution in [3.63, 3.8) is 0 Å². The van der Waals surface area contributed by atoms with Crippen LogP contribution >= 0.6 is 0 Å². The maximum atomic E-state index is 12.9. The Hall–Kier alpha value is -3.52. The van der Waals surface area contributed by atoms with Crippen molar-refractivity contribution in [3.8, 4) is 5.75 Å². The summed E-state index contributed by atoms with van der Waals surface area (Å²) < 4.78 is 17.0. The molecule has 0 unspecified atom stereocenters. The Kier molecular flexibility index (Phi) is 7.84. The summed E-state index contributed by atoms with van der Waals surface area (Å²) >= 11 is 0. The maximum Gasteiger partial charge on any atom is 0.410 e. The Morgan fingerprint density at radius 2 is 1.72 bits per heavy atom. The van der Waals surface area contributed by atoms with Gasteiger partial charge < -0.3 is 24.1 Å². The number of hydrogen-bond acceptors (Lipinski definition) is 6. The van der Waals surface area contributed by atoms with Gasteiger partial charge in [-0.2, -0.15) is 0 Å². The molecule has 1 amide bonds. The van der Waals surface area contributed by atoms with E-state index in [2.05, 4.69) is 9.88 Å². The van der Waals surface area contributed by atoms with Crippen molar-refractivity contribution in [2.24, 2.45) is 0 Å². The van der Waals surface area contributed by atoms with E-state index in [4.69, 9.17) is 14.2 Å². The zero-order valence-electron chi connectivity index (χ0n) is 21.5. The predicted octanol–water partition coefficient (Wildman–Crippen LogP) is 4.76. The van der Waals surface area contributed by atoms with Gasteiger partial charge in [-0.1, -0.05) is 30.3 Å². The summed E-state index contributed by atoms with van der Waals surface area (Å²) in [5.41, 5.74) is 2.62. The van der Waals surface area contributed by atoms with Crippen LogP contribution in [0.15, 0.2) is 48.5 Å². The van der Waals surface area contributed by atoms with Crippen LogP contribution in [0.4, 0.5) is 4.79 Å². The first-order chi connectivity index (χ1) is 17.2. The number of aryl methyl sites for hydroxylation is 1. The van der Waals surface area contributed by atoms with Gasteiger partial charge in [0.05, 0.1) is 5.56 Å². The molecule has 8 nitrogen and oxygen atoms in total. The molecule has 2 aromatic carbocycles. The first-order valence-corrected chi connectivity index (χ1v) is 12.4. The van der Waals surface area contributed by atoms with Gasteiger partial charge in [-0.05, 0) is 51.5 Å². The second kappa shape index (κ2) is 11.0. The fraction of sp³-hybridized carbons (Fsp3) is 0.429. The summed E-state index contributed by atoms with van der Waals surface area (Å²) in [7, 11) is 0. The van der Waals surface area contributed by atoms with Crippen LogP contribution in [0, 0.1) is 6.92 Å². The molecule has 1 aromatic heterocycles. The Bertz CT molecular complexity index is 1190. The van der Waals surface area contributed by atoms with Crippen molar-refractivity contribution in [1.82, 2.24) is 14.8 Å². The van der Waals surface area contributed by atoms with E-state index in [1.807, 2.05) is 76.2 Å². The lowest BCUT2D eigenvalue weighted by Crippen LogP contribution is -2.50. The van der Waals surface area contributed by atoms with Crippen molar-refractivity contribution in [3.05, 3.63) is 65.4 Å². The molecule has 1 fully saturated rings. The number of carbonyl (C=O) groups is 2. The van der Waals surface area contributed by atoms with Crippen LogP contribution in [-0.4, -0.2) is 71.8 Å². The Morgan fingerprint density at radius 1 is 1.00 bits per heavy atom. The monoisotopic (exact) mass is 493 g/mol. The molecule has 1 aliphatic heterocycles. The number of H-pyrrole nitrogens is 1. The van der Waals surface area contributed by atoms with E-state index in [0.717, 1.165) is 41.8 Å². The minimum Gasteiger partial charge on any atom is -0.492 e. The normalized spacial score (nSPS) is 14.6. The zero-order chi connectivity index (χ0) is 25.7. The molecule has 1 aliphatic rings. The first-order valence-electron chi connectivity index (χ1n) is 12.4. The van der Waals surface area contributed by atoms with E-state index >= 15 is 0 Å². The van der Waals surface area contributed by atoms with Gasteiger partial charge in [0.15, 0.2) is 0 Å². The van der Waals surface area contributed by atoms with Crippen LogP contribution in [0.2, 0.25) is 0 Å². The molecule has 1 saturated heterocycles. The fourth-order valence-corrected chi connectivity index (χ4v) is 4.23. The van der Waals surface area contributed by atoms with Crippen LogP contribution in [0.3, 0.4) is 0 Å². The van der Waals surface area contributed by atoms with Crippen LogP contribution in [0.5, 0.6) is 5.75 Å². The number of hydrogen-bond donors (Lipinski definition) is 1. The van der Waals surface area contributed by atoms with Gasteiger partial charge >= 0.3 is 12.1 Å². The predicted molar refractivity (Wildman–Crippen MR) is 138 cm³/mol. The largest absolute Gasteiger partial charge is 0.492 e. The van der Waals surface area contributed by atoms with E-state index in [1.165, 1.54) is 0 Å².